The number of ether oxygens (including phenoxy) is 1. The smallest absolute Gasteiger partial charge is 0.376 e. The van der Waals surface area contributed by atoms with E-state index >= 15 is 4.79 Å². The van der Waals surface area contributed by atoms with E-state index in [9.17, 15) is 14.0 Å². The van der Waals surface area contributed by atoms with E-state index in [4.69, 9.17) is 26.3 Å². The van der Waals surface area contributed by atoms with Crippen LogP contribution in [-0.2, 0) is 28.6 Å². The molecular weight excluding hydrogens is 839 g/mol. The number of hydrogen-bond acceptors (Lipinski definition) is 8. The van der Waals surface area contributed by atoms with E-state index in [0.29, 0.717) is 76.3 Å². The summed E-state index contributed by atoms with van der Waals surface area (Å²) in [6.45, 7) is 11.0. The van der Waals surface area contributed by atoms with Crippen molar-refractivity contribution in [3.63, 3.8) is 0 Å². The quantitative estimate of drug-likeness (QED) is 0.167. The molecule has 330 valence electrons. The highest BCUT2D eigenvalue weighted by Gasteiger charge is 2.62. The van der Waals surface area contributed by atoms with Gasteiger partial charge in [-0.1, -0.05) is 24.6 Å². The van der Waals surface area contributed by atoms with Gasteiger partial charge in [0.1, 0.15) is 23.5 Å². The van der Waals surface area contributed by atoms with Crippen LogP contribution in [0.25, 0.3) is 39.0 Å². The molecule has 4 aromatic heterocycles. The van der Waals surface area contributed by atoms with Crippen LogP contribution >= 0.6 is 11.6 Å². The summed E-state index contributed by atoms with van der Waals surface area (Å²) < 4.78 is 29.3. The number of aromatic nitrogens is 7. The molecule has 3 aromatic carbocycles. The van der Waals surface area contributed by atoms with E-state index in [1.54, 1.807) is 53.1 Å². The Hall–Kier alpha value is -6.23. The molecule has 64 heavy (non-hydrogen) atoms. The van der Waals surface area contributed by atoms with Gasteiger partial charge in [-0.3, -0.25) is 23.9 Å². The fourth-order valence-corrected chi connectivity index (χ4v) is 11.0. The van der Waals surface area contributed by atoms with Gasteiger partial charge in [-0.25, -0.2) is 18.7 Å². The Labute approximate surface area is 372 Å². The maximum atomic E-state index is 15.5. The van der Waals surface area contributed by atoms with Gasteiger partial charge in [0, 0.05) is 60.9 Å². The van der Waals surface area contributed by atoms with Gasteiger partial charge in [0.2, 0.25) is 0 Å². The molecule has 4 aliphatic rings. The van der Waals surface area contributed by atoms with E-state index in [-0.39, 0.29) is 23.2 Å². The molecule has 0 bridgehead atoms. The van der Waals surface area contributed by atoms with Crippen LogP contribution in [-0.4, -0.2) is 75.1 Å². The minimum atomic E-state index is -0.696. The van der Waals surface area contributed by atoms with Crippen LogP contribution in [0.3, 0.4) is 0 Å². The van der Waals surface area contributed by atoms with Crippen molar-refractivity contribution >= 4 is 45.4 Å². The lowest BCUT2D eigenvalue weighted by Crippen LogP contribution is -2.49. The number of aryl methyl sites for hydroxylation is 2. The Morgan fingerprint density at radius 1 is 1.00 bits per heavy atom. The van der Waals surface area contributed by atoms with Gasteiger partial charge in [-0.2, -0.15) is 10.2 Å². The highest BCUT2D eigenvalue weighted by molar-refractivity contribution is 6.37. The molecule has 3 aliphatic heterocycles. The number of nitrogens with zero attached hydrogens (tertiary/aromatic N) is 8. The van der Waals surface area contributed by atoms with Crippen molar-refractivity contribution in [3.05, 3.63) is 123 Å². The Kier molecular flexibility index (Phi) is 9.12. The van der Waals surface area contributed by atoms with Gasteiger partial charge in [0.05, 0.1) is 51.0 Å². The molecule has 7 aromatic rings. The Balaban J connectivity index is 1.04. The molecule has 5 atom stereocenters. The van der Waals surface area contributed by atoms with E-state index in [2.05, 4.69) is 59.4 Å². The maximum Gasteiger partial charge on any atom is 0.427 e. The number of amides is 2. The number of benzene rings is 3. The van der Waals surface area contributed by atoms with Gasteiger partial charge >= 0.3 is 11.8 Å². The van der Waals surface area contributed by atoms with Gasteiger partial charge in [0.25, 0.3) is 5.91 Å². The third-order valence-electron chi connectivity index (χ3n) is 14.2. The predicted molar refractivity (Wildman–Crippen MR) is 238 cm³/mol. The lowest BCUT2D eigenvalue weighted by atomic mass is 9.83. The third-order valence-corrected chi connectivity index (χ3v) is 14.6. The number of imidazole rings is 1. The van der Waals surface area contributed by atoms with E-state index in [0.717, 1.165) is 35.0 Å². The average Bonchev–Trinajstić information content (AvgIpc) is 3.89. The largest absolute Gasteiger partial charge is 0.427 e. The minimum absolute atomic E-state index is 0.0859. The Bertz CT molecular complexity index is 3160. The first-order valence-corrected chi connectivity index (χ1v) is 22.2. The lowest BCUT2D eigenvalue weighted by molar-refractivity contribution is -0.0592. The predicted octanol–water partition coefficient (Wildman–Crippen LogP) is 7.49. The number of nitrogens with one attached hydrogen (secondary N) is 2. The molecule has 3 fully saturated rings. The first-order chi connectivity index (χ1) is 30.6. The zero-order valence-electron chi connectivity index (χ0n) is 36.4. The highest BCUT2D eigenvalue weighted by atomic mass is 35.5. The van der Waals surface area contributed by atoms with Crippen LogP contribution in [0.5, 0.6) is 0 Å². The summed E-state index contributed by atoms with van der Waals surface area (Å²) in [5.74, 6) is 0.242. The minimum Gasteiger partial charge on any atom is -0.376 e. The van der Waals surface area contributed by atoms with Crippen molar-refractivity contribution < 1.29 is 23.6 Å². The molecule has 2 N–H and O–H groups in total. The van der Waals surface area contributed by atoms with Gasteiger partial charge < -0.3 is 19.0 Å². The molecule has 1 aliphatic carbocycles. The van der Waals surface area contributed by atoms with Gasteiger partial charge in [0.15, 0.2) is 0 Å². The molecule has 1 saturated carbocycles. The van der Waals surface area contributed by atoms with E-state index < -0.39 is 29.5 Å². The molecule has 0 radical (unpaired) electrons. The Morgan fingerprint density at radius 3 is 2.52 bits per heavy atom. The lowest BCUT2D eigenvalue weighted by Gasteiger charge is -2.36. The SMILES string of the molecule is Cc1cc(-n2nc3c(c2-n2ccn(-c4ccc5c(cnn5C)c4Cl)c2=O)[C@H](C)N(C(=O)c2cc4cc(C5CCOC(C)(C)C5)ccc4n2[C@@]2(C4NOC(=O)N4)C[C@@H]2C)CC3)ccc1F. The molecular formula is C47H48ClFN10O5. The maximum absolute atomic E-state index is 15.5. The van der Waals surface area contributed by atoms with E-state index in [1.807, 2.05) is 31.0 Å². The van der Waals surface area contributed by atoms with Crippen molar-refractivity contribution in [2.45, 2.75) is 89.6 Å². The van der Waals surface area contributed by atoms with Crippen molar-refractivity contribution in [2.24, 2.45) is 13.0 Å². The third kappa shape index (κ3) is 6.09. The molecule has 0 spiro atoms. The molecule has 7 heterocycles. The summed E-state index contributed by atoms with van der Waals surface area (Å²) in [5, 5.41) is 14.4. The van der Waals surface area contributed by atoms with Crippen LogP contribution in [0, 0.1) is 18.7 Å². The number of hydrogen-bond donors (Lipinski definition) is 2. The highest BCUT2D eigenvalue weighted by Crippen LogP contribution is 2.55. The number of fused-ring (bicyclic) bond motifs is 3. The second-order valence-corrected chi connectivity index (χ2v) is 18.9. The zero-order valence-corrected chi connectivity index (χ0v) is 37.1. The monoisotopic (exact) mass is 886 g/mol. The van der Waals surface area contributed by atoms with Crippen LogP contribution in [0.4, 0.5) is 9.18 Å². The fraction of sp³-hybridized carbons (Fsp3) is 0.383. The van der Waals surface area contributed by atoms with Crippen molar-refractivity contribution in [3.8, 4) is 17.2 Å². The standard InChI is InChI=1S/C47H48ClFN10O5/c1-25-19-31(8-9-33(25)49)59-41(57-17-16-56(45(57)62)37-12-11-36-32(40(37)48)24-50-54(36)6)39-27(3)55(15-13-34(39)52-59)42(60)38-21-30-20-28(29-14-18-63-46(4,5)23-29)7-10-35(30)58(38)47(22-26(47)2)43-51-44(61)64-53-43/h7-12,16-17,19-21,24,26-27,29,43,53H,13-15,18,22-23H2,1-6H3,(H,51,61)/t26-,27-,29?,43?,47-/m0/s1. The summed E-state index contributed by atoms with van der Waals surface area (Å²) in [4.78, 5) is 49.8. The van der Waals surface area contributed by atoms with Crippen LogP contribution in [0.2, 0.25) is 5.02 Å². The van der Waals surface area contributed by atoms with Crippen LogP contribution < -0.4 is 16.5 Å². The topological polar surface area (TPSA) is 147 Å². The summed E-state index contributed by atoms with van der Waals surface area (Å²) in [5.41, 5.74) is 7.80. The molecule has 11 rings (SSSR count). The van der Waals surface area contributed by atoms with Crippen LogP contribution in [0.1, 0.15) is 91.8 Å². The van der Waals surface area contributed by atoms with Gasteiger partial charge in [-0.15, -0.1) is 5.48 Å². The molecule has 2 saturated heterocycles. The number of carbonyl (C=O) groups is 2. The van der Waals surface area contributed by atoms with Gasteiger partial charge in [-0.05, 0) is 118 Å². The van der Waals surface area contributed by atoms with Crippen molar-refractivity contribution in [1.29, 1.82) is 0 Å². The van der Waals surface area contributed by atoms with E-state index in [1.165, 1.54) is 20.8 Å². The molecule has 2 unspecified atom stereocenters. The number of halogens is 2. The number of hydroxylamine groups is 1. The molecule has 2 amide bonds. The fourth-order valence-electron chi connectivity index (χ4n) is 10.7. The summed E-state index contributed by atoms with van der Waals surface area (Å²) in [6, 6.07) is 16.3. The summed E-state index contributed by atoms with van der Waals surface area (Å²) in [6.07, 6.45) is 6.71. The molecule has 17 heteroatoms. The zero-order chi connectivity index (χ0) is 44.6. The Morgan fingerprint density at radius 2 is 1.78 bits per heavy atom. The second-order valence-electron chi connectivity index (χ2n) is 18.5. The van der Waals surface area contributed by atoms with Crippen molar-refractivity contribution in [2.75, 3.05) is 13.2 Å². The summed E-state index contributed by atoms with van der Waals surface area (Å²) in [7, 11) is 1.83. The summed E-state index contributed by atoms with van der Waals surface area (Å²) >= 11 is 6.94. The second kappa shape index (κ2) is 14.4. The van der Waals surface area contributed by atoms with Crippen LogP contribution in [0.15, 0.2) is 78.0 Å². The number of rotatable bonds is 7. The first-order valence-electron chi connectivity index (χ1n) is 21.8. The molecule has 15 nitrogen and oxygen atoms in total. The number of carbonyl (C=O) groups excluding carboxylic acids is 2. The first kappa shape index (κ1) is 40.5. The van der Waals surface area contributed by atoms with Crippen molar-refractivity contribution in [1.82, 2.24) is 49.0 Å². The average molecular weight is 887 g/mol. The normalized spacial score (nSPS) is 24.0.